The standard InChI is InChI=1S/C15H15FN2O3/c16-12-4-2-1-3-10(12)15-11-9-18(8-6-14(19)20)7-5-13(11)21-17-15/h1-4H,5-9H2,(H,19,20). The highest BCUT2D eigenvalue weighted by Gasteiger charge is 2.26. The number of benzene rings is 1. The summed E-state index contributed by atoms with van der Waals surface area (Å²) in [6, 6.07) is 6.44. The largest absolute Gasteiger partial charge is 0.481 e. The summed E-state index contributed by atoms with van der Waals surface area (Å²) in [6.45, 7) is 1.73. The second-order valence-corrected chi connectivity index (χ2v) is 5.08. The van der Waals surface area contributed by atoms with E-state index in [-0.39, 0.29) is 12.2 Å². The van der Waals surface area contributed by atoms with Crippen molar-refractivity contribution >= 4 is 5.97 Å². The van der Waals surface area contributed by atoms with Gasteiger partial charge in [0.25, 0.3) is 0 Å². The number of hydrogen-bond donors (Lipinski definition) is 1. The lowest BCUT2D eigenvalue weighted by molar-refractivity contribution is -0.137. The van der Waals surface area contributed by atoms with Crippen molar-refractivity contribution in [2.24, 2.45) is 0 Å². The fourth-order valence-corrected chi connectivity index (χ4v) is 2.57. The van der Waals surface area contributed by atoms with E-state index in [2.05, 4.69) is 5.16 Å². The van der Waals surface area contributed by atoms with Gasteiger partial charge in [0.1, 0.15) is 17.3 Å². The Kier molecular flexibility index (Phi) is 3.70. The number of aliphatic carboxylic acids is 1. The Bertz CT molecular complexity index is 669. The molecular formula is C15H15FN2O3. The van der Waals surface area contributed by atoms with Crippen LogP contribution in [0.2, 0.25) is 0 Å². The average Bonchev–Trinajstić information content (AvgIpc) is 2.88. The molecule has 0 atom stereocenters. The van der Waals surface area contributed by atoms with E-state index in [1.807, 2.05) is 4.90 Å². The summed E-state index contributed by atoms with van der Waals surface area (Å²) in [4.78, 5) is 12.7. The van der Waals surface area contributed by atoms with E-state index >= 15 is 0 Å². The Balaban J connectivity index is 1.86. The molecule has 0 unspecified atom stereocenters. The molecule has 1 N–H and O–H groups in total. The molecule has 1 aliphatic heterocycles. The van der Waals surface area contributed by atoms with E-state index in [4.69, 9.17) is 9.63 Å². The first-order chi connectivity index (χ1) is 10.1. The molecule has 21 heavy (non-hydrogen) atoms. The van der Waals surface area contributed by atoms with Gasteiger partial charge < -0.3 is 9.63 Å². The third kappa shape index (κ3) is 2.80. The van der Waals surface area contributed by atoms with Gasteiger partial charge in [-0.25, -0.2) is 4.39 Å². The highest BCUT2D eigenvalue weighted by atomic mass is 19.1. The summed E-state index contributed by atoms with van der Waals surface area (Å²) in [5.74, 6) is -0.392. The van der Waals surface area contributed by atoms with Crippen molar-refractivity contribution < 1.29 is 18.8 Å². The van der Waals surface area contributed by atoms with Gasteiger partial charge in [0.2, 0.25) is 0 Å². The number of aromatic nitrogens is 1. The van der Waals surface area contributed by atoms with Gasteiger partial charge >= 0.3 is 5.97 Å². The lowest BCUT2D eigenvalue weighted by Gasteiger charge is -2.25. The van der Waals surface area contributed by atoms with E-state index < -0.39 is 5.97 Å². The first-order valence-corrected chi connectivity index (χ1v) is 6.81. The van der Waals surface area contributed by atoms with Crippen LogP contribution in [0, 0.1) is 5.82 Å². The molecule has 0 spiro atoms. The van der Waals surface area contributed by atoms with Crippen molar-refractivity contribution in [3.8, 4) is 11.3 Å². The minimum absolute atomic E-state index is 0.0929. The summed E-state index contributed by atoms with van der Waals surface area (Å²) in [5, 5.41) is 12.8. The number of carbonyl (C=O) groups is 1. The number of halogens is 1. The van der Waals surface area contributed by atoms with Gasteiger partial charge in [-0.2, -0.15) is 0 Å². The SMILES string of the molecule is O=C(O)CCN1CCc2onc(-c3ccccc3F)c2C1. The summed E-state index contributed by atoms with van der Waals surface area (Å²) >= 11 is 0. The van der Waals surface area contributed by atoms with Crippen molar-refractivity contribution in [3.05, 3.63) is 41.4 Å². The van der Waals surface area contributed by atoms with Crippen LogP contribution in [0.1, 0.15) is 17.7 Å². The molecule has 0 saturated carbocycles. The van der Waals surface area contributed by atoms with E-state index in [1.165, 1.54) is 6.07 Å². The van der Waals surface area contributed by atoms with Gasteiger partial charge in [-0.05, 0) is 12.1 Å². The fourth-order valence-electron chi connectivity index (χ4n) is 2.57. The molecule has 0 amide bonds. The summed E-state index contributed by atoms with van der Waals surface area (Å²) < 4.78 is 19.2. The Morgan fingerprint density at radius 3 is 3.00 bits per heavy atom. The van der Waals surface area contributed by atoms with Crippen LogP contribution in [0.15, 0.2) is 28.8 Å². The van der Waals surface area contributed by atoms with Gasteiger partial charge in [0.05, 0.1) is 6.42 Å². The zero-order valence-corrected chi connectivity index (χ0v) is 11.4. The smallest absolute Gasteiger partial charge is 0.304 e. The van der Waals surface area contributed by atoms with Crippen LogP contribution in [0.25, 0.3) is 11.3 Å². The maximum atomic E-state index is 13.9. The van der Waals surface area contributed by atoms with Crippen LogP contribution in [0.5, 0.6) is 0 Å². The molecule has 6 heteroatoms. The lowest BCUT2D eigenvalue weighted by Crippen LogP contribution is -2.32. The third-order valence-electron chi connectivity index (χ3n) is 3.68. The Hall–Kier alpha value is -2.21. The minimum Gasteiger partial charge on any atom is -0.481 e. The number of nitrogens with zero attached hydrogens (tertiary/aromatic N) is 2. The maximum Gasteiger partial charge on any atom is 0.304 e. The van der Waals surface area contributed by atoms with E-state index in [0.29, 0.717) is 30.8 Å². The molecule has 110 valence electrons. The molecule has 2 aromatic rings. The highest BCUT2D eigenvalue weighted by Crippen LogP contribution is 2.31. The fraction of sp³-hybridized carbons (Fsp3) is 0.333. The molecule has 3 rings (SSSR count). The lowest BCUT2D eigenvalue weighted by atomic mass is 10.0. The molecule has 5 nitrogen and oxygen atoms in total. The third-order valence-corrected chi connectivity index (χ3v) is 3.68. The monoisotopic (exact) mass is 290 g/mol. The number of hydrogen-bond acceptors (Lipinski definition) is 4. The molecule has 1 aliphatic rings. The quantitative estimate of drug-likeness (QED) is 0.936. The average molecular weight is 290 g/mol. The summed E-state index contributed by atoms with van der Waals surface area (Å²) in [6.07, 6.45) is 0.756. The van der Waals surface area contributed by atoms with Crippen LogP contribution in [-0.4, -0.2) is 34.2 Å². The molecule has 0 bridgehead atoms. The number of carboxylic acid groups (broad SMARTS) is 1. The molecule has 1 aromatic heterocycles. The molecule has 0 fully saturated rings. The first-order valence-electron chi connectivity index (χ1n) is 6.81. The van der Waals surface area contributed by atoms with Crippen molar-refractivity contribution in [1.82, 2.24) is 10.1 Å². The number of fused-ring (bicyclic) bond motifs is 1. The van der Waals surface area contributed by atoms with Gasteiger partial charge in [-0.15, -0.1) is 0 Å². The highest BCUT2D eigenvalue weighted by molar-refractivity contribution is 5.67. The first kappa shape index (κ1) is 13.8. The summed E-state index contributed by atoms with van der Waals surface area (Å²) in [7, 11) is 0. The van der Waals surface area contributed by atoms with E-state index in [0.717, 1.165) is 17.9 Å². The molecule has 0 saturated heterocycles. The minimum atomic E-state index is -0.819. The zero-order chi connectivity index (χ0) is 14.8. The second-order valence-electron chi connectivity index (χ2n) is 5.08. The normalized spacial score (nSPS) is 14.9. The van der Waals surface area contributed by atoms with Gasteiger partial charge in [0, 0.05) is 37.2 Å². The molecular weight excluding hydrogens is 275 g/mol. The Morgan fingerprint density at radius 2 is 2.24 bits per heavy atom. The predicted octanol–water partition coefficient (Wildman–Crippen LogP) is 2.31. The number of rotatable bonds is 4. The van der Waals surface area contributed by atoms with Crippen LogP contribution in [0.4, 0.5) is 4.39 Å². The van der Waals surface area contributed by atoms with Crippen LogP contribution in [-0.2, 0) is 17.8 Å². The van der Waals surface area contributed by atoms with Crippen molar-refractivity contribution in [1.29, 1.82) is 0 Å². The molecule has 2 heterocycles. The van der Waals surface area contributed by atoms with Crippen molar-refractivity contribution in [3.63, 3.8) is 0 Å². The molecule has 0 radical (unpaired) electrons. The zero-order valence-electron chi connectivity index (χ0n) is 11.4. The van der Waals surface area contributed by atoms with Crippen LogP contribution >= 0.6 is 0 Å². The predicted molar refractivity (Wildman–Crippen MR) is 73.1 cm³/mol. The van der Waals surface area contributed by atoms with E-state index in [9.17, 15) is 9.18 Å². The number of carboxylic acids is 1. The van der Waals surface area contributed by atoms with Crippen LogP contribution < -0.4 is 0 Å². The molecule has 0 aliphatic carbocycles. The van der Waals surface area contributed by atoms with Gasteiger partial charge in [-0.1, -0.05) is 17.3 Å². The maximum absolute atomic E-state index is 13.9. The Labute approximate surface area is 121 Å². The topological polar surface area (TPSA) is 66.6 Å². The summed E-state index contributed by atoms with van der Waals surface area (Å²) in [5.41, 5.74) is 1.79. The van der Waals surface area contributed by atoms with Crippen molar-refractivity contribution in [2.45, 2.75) is 19.4 Å². The van der Waals surface area contributed by atoms with Gasteiger partial charge in [0.15, 0.2) is 0 Å². The van der Waals surface area contributed by atoms with Crippen molar-refractivity contribution in [2.75, 3.05) is 13.1 Å². The van der Waals surface area contributed by atoms with E-state index in [1.54, 1.807) is 18.2 Å². The molecule has 1 aromatic carbocycles. The van der Waals surface area contributed by atoms with Gasteiger partial charge in [-0.3, -0.25) is 9.69 Å². The Morgan fingerprint density at radius 1 is 1.43 bits per heavy atom. The van der Waals surface area contributed by atoms with Crippen LogP contribution in [0.3, 0.4) is 0 Å². The second kappa shape index (κ2) is 5.65.